The van der Waals surface area contributed by atoms with Gasteiger partial charge in [0.15, 0.2) is 5.11 Å². The molecule has 0 atom stereocenters. The Morgan fingerprint density at radius 2 is 1.76 bits per heavy atom. The third-order valence-corrected chi connectivity index (χ3v) is 3.87. The van der Waals surface area contributed by atoms with Crippen LogP contribution in [0.3, 0.4) is 0 Å². The van der Waals surface area contributed by atoms with Crippen molar-refractivity contribution >= 4 is 52.1 Å². The highest BCUT2D eigenvalue weighted by molar-refractivity contribution is 7.80. The van der Waals surface area contributed by atoms with E-state index in [1.54, 1.807) is 42.5 Å². The minimum Gasteiger partial charge on any atom is -0.494 e. The molecule has 2 N–H and O–H groups in total. The van der Waals surface area contributed by atoms with Crippen LogP contribution in [0.4, 0.5) is 5.69 Å². The molecule has 0 unspecified atom stereocenters. The lowest BCUT2D eigenvalue weighted by atomic mass is 10.2. The summed E-state index contributed by atoms with van der Waals surface area (Å²) in [7, 11) is 0. The lowest BCUT2D eigenvalue weighted by Crippen LogP contribution is -2.34. The van der Waals surface area contributed by atoms with E-state index in [0.29, 0.717) is 27.9 Å². The van der Waals surface area contributed by atoms with E-state index in [1.165, 1.54) is 0 Å². The first-order valence-electron chi connectivity index (χ1n) is 7.79. The van der Waals surface area contributed by atoms with Crippen LogP contribution in [0.5, 0.6) is 5.75 Å². The largest absolute Gasteiger partial charge is 0.494 e. The average Bonchev–Trinajstić information content (AvgIpc) is 2.54. The summed E-state index contributed by atoms with van der Waals surface area (Å²) in [5, 5.41) is 6.59. The maximum absolute atomic E-state index is 12.2. The molecule has 25 heavy (non-hydrogen) atoms. The molecule has 0 fully saturated rings. The molecular formula is C18H18Cl2N2O2S. The number of anilines is 1. The molecule has 4 nitrogen and oxygen atoms in total. The van der Waals surface area contributed by atoms with E-state index >= 15 is 0 Å². The summed E-state index contributed by atoms with van der Waals surface area (Å²) >= 11 is 17.0. The molecule has 2 rings (SSSR count). The first-order chi connectivity index (χ1) is 12.0. The standard InChI is InChI=1S/C18H18Cl2N2O2S/c1-2-3-8-24-16-6-4-12(5-7-16)17(23)22-18(25)21-15-10-13(19)9-14(20)11-15/h4-7,9-11H,2-3,8H2,1H3,(H2,21,22,23,25). The van der Waals surface area contributed by atoms with E-state index in [4.69, 9.17) is 40.2 Å². The molecule has 2 aromatic rings. The van der Waals surface area contributed by atoms with Gasteiger partial charge in [-0.05, 0) is 61.1 Å². The van der Waals surface area contributed by atoms with Crippen LogP contribution in [0, 0.1) is 0 Å². The van der Waals surface area contributed by atoms with Crippen molar-refractivity contribution < 1.29 is 9.53 Å². The second kappa shape index (κ2) is 9.61. The van der Waals surface area contributed by atoms with Gasteiger partial charge in [-0.25, -0.2) is 0 Å². The van der Waals surface area contributed by atoms with E-state index in [-0.39, 0.29) is 11.0 Å². The van der Waals surface area contributed by atoms with Crippen LogP contribution >= 0.6 is 35.4 Å². The Kier molecular flexibility index (Phi) is 7.50. The Hall–Kier alpha value is -1.82. The quantitative estimate of drug-likeness (QED) is 0.513. The van der Waals surface area contributed by atoms with Crippen LogP contribution < -0.4 is 15.4 Å². The molecule has 7 heteroatoms. The van der Waals surface area contributed by atoms with E-state index in [0.717, 1.165) is 18.6 Å². The SMILES string of the molecule is CCCCOc1ccc(C(=O)NC(=S)Nc2cc(Cl)cc(Cl)c2)cc1. The highest BCUT2D eigenvalue weighted by Crippen LogP contribution is 2.22. The number of carbonyl (C=O) groups is 1. The fraction of sp³-hybridized carbons (Fsp3) is 0.222. The molecule has 0 aliphatic rings. The van der Waals surface area contributed by atoms with Gasteiger partial charge in [-0.15, -0.1) is 0 Å². The van der Waals surface area contributed by atoms with Crippen LogP contribution in [0.1, 0.15) is 30.1 Å². The van der Waals surface area contributed by atoms with Gasteiger partial charge in [0, 0.05) is 21.3 Å². The normalized spacial score (nSPS) is 10.2. The van der Waals surface area contributed by atoms with E-state index < -0.39 is 0 Å². The monoisotopic (exact) mass is 396 g/mol. The summed E-state index contributed by atoms with van der Waals surface area (Å²) < 4.78 is 5.57. The second-order valence-corrected chi connectivity index (χ2v) is 6.57. The smallest absolute Gasteiger partial charge is 0.257 e. The van der Waals surface area contributed by atoms with Gasteiger partial charge in [0.2, 0.25) is 0 Å². The predicted octanol–water partition coefficient (Wildman–Crippen LogP) is 5.30. The number of benzene rings is 2. The molecular weight excluding hydrogens is 379 g/mol. The lowest BCUT2D eigenvalue weighted by Gasteiger charge is -2.11. The third kappa shape index (κ3) is 6.53. The average molecular weight is 397 g/mol. The van der Waals surface area contributed by atoms with Crippen molar-refractivity contribution in [2.24, 2.45) is 0 Å². The summed E-state index contributed by atoms with van der Waals surface area (Å²) in [4.78, 5) is 12.2. The predicted molar refractivity (Wildman–Crippen MR) is 107 cm³/mol. The fourth-order valence-electron chi connectivity index (χ4n) is 2.00. The lowest BCUT2D eigenvalue weighted by molar-refractivity contribution is 0.0977. The maximum Gasteiger partial charge on any atom is 0.257 e. The molecule has 0 aliphatic carbocycles. The van der Waals surface area contributed by atoms with Gasteiger partial charge < -0.3 is 10.1 Å². The van der Waals surface area contributed by atoms with Crippen LogP contribution in [-0.4, -0.2) is 17.6 Å². The molecule has 2 aromatic carbocycles. The molecule has 0 radical (unpaired) electrons. The molecule has 132 valence electrons. The second-order valence-electron chi connectivity index (χ2n) is 5.29. The van der Waals surface area contributed by atoms with E-state index in [2.05, 4.69) is 17.6 Å². The molecule has 0 saturated heterocycles. The fourth-order valence-corrected chi connectivity index (χ4v) is 2.74. The zero-order chi connectivity index (χ0) is 18.2. The highest BCUT2D eigenvalue weighted by atomic mass is 35.5. The first kappa shape index (κ1) is 19.5. The van der Waals surface area contributed by atoms with Crippen molar-refractivity contribution in [3.8, 4) is 5.75 Å². The van der Waals surface area contributed by atoms with Gasteiger partial charge in [-0.2, -0.15) is 0 Å². The number of hydrogen-bond donors (Lipinski definition) is 2. The number of ether oxygens (including phenoxy) is 1. The van der Waals surface area contributed by atoms with Gasteiger partial charge in [-0.3, -0.25) is 10.1 Å². The van der Waals surface area contributed by atoms with Crippen LogP contribution in [0.15, 0.2) is 42.5 Å². The molecule has 0 heterocycles. The van der Waals surface area contributed by atoms with Gasteiger partial charge in [-0.1, -0.05) is 36.5 Å². The molecule has 0 aliphatic heterocycles. The van der Waals surface area contributed by atoms with Crippen molar-refractivity contribution in [2.75, 3.05) is 11.9 Å². The topological polar surface area (TPSA) is 50.4 Å². The zero-order valence-electron chi connectivity index (χ0n) is 13.6. The summed E-state index contributed by atoms with van der Waals surface area (Å²) in [6, 6.07) is 11.8. The molecule has 0 bridgehead atoms. The summed E-state index contributed by atoms with van der Waals surface area (Å²) in [5.41, 5.74) is 1.08. The number of nitrogens with one attached hydrogen (secondary N) is 2. The van der Waals surface area contributed by atoms with E-state index in [9.17, 15) is 4.79 Å². The maximum atomic E-state index is 12.2. The van der Waals surface area contributed by atoms with Crippen molar-refractivity contribution in [3.63, 3.8) is 0 Å². The molecule has 1 amide bonds. The van der Waals surface area contributed by atoms with Gasteiger partial charge in [0.1, 0.15) is 5.75 Å². The Morgan fingerprint density at radius 1 is 1.12 bits per heavy atom. The third-order valence-electron chi connectivity index (χ3n) is 3.23. The summed E-state index contributed by atoms with van der Waals surface area (Å²) in [6.07, 6.45) is 2.07. The first-order valence-corrected chi connectivity index (χ1v) is 8.95. The van der Waals surface area contributed by atoms with Crippen LogP contribution in [-0.2, 0) is 0 Å². The number of carbonyl (C=O) groups excluding carboxylic acids is 1. The number of rotatable bonds is 6. The van der Waals surface area contributed by atoms with Crippen LogP contribution in [0.2, 0.25) is 10.0 Å². The number of amides is 1. The highest BCUT2D eigenvalue weighted by Gasteiger charge is 2.09. The Bertz CT molecular complexity index is 731. The van der Waals surface area contributed by atoms with E-state index in [1.807, 2.05) is 0 Å². The van der Waals surface area contributed by atoms with Gasteiger partial charge in [0.05, 0.1) is 6.61 Å². The number of thiocarbonyl (C=S) groups is 1. The van der Waals surface area contributed by atoms with Crippen LogP contribution in [0.25, 0.3) is 0 Å². The van der Waals surface area contributed by atoms with Crippen molar-refractivity contribution in [1.29, 1.82) is 0 Å². The molecule has 0 saturated carbocycles. The zero-order valence-corrected chi connectivity index (χ0v) is 16.0. The number of halogens is 2. The van der Waals surface area contributed by atoms with Gasteiger partial charge >= 0.3 is 0 Å². The van der Waals surface area contributed by atoms with Crippen molar-refractivity contribution in [1.82, 2.24) is 5.32 Å². The minimum absolute atomic E-state index is 0.159. The minimum atomic E-state index is -0.314. The number of unbranched alkanes of at least 4 members (excludes halogenated alkanes) is 1. The Balaban J connectivity index is 1.91. The van der Waals surface area contributed by atoms with Gasteiger partial charge in [0.25, 0.3) is 5.91 Å². The van der Waals surface area contributed by atoms with Crippen molar-refractivity contribution in [3.05, 3.63) is 58.1 Å². The molecule has 0 spiro atoms. The van der Waals surface area contributed by atoms with Crippen molar-refractivity contribution in [2.45, 2.75) is 19.8 Å². The number of hydrogen-bond acceptors (Lipinski definition) is 3. The Labute approximate surface area is 162 Å². The molecule has 0 aromatic heterocycles. The summed E-state index contributed by atoms with van der Waals surface area (Å²) in [6.45, 7) is 2.77. The summed E-state index contributed by atoms with van der Waals surface area (Å²) in [5.74, 6) is 0.421. The Morgan fingerprint density at radius 3 is 2.36 bits per heavy atom.